The Balaban J connectivity index is 0.000000711. The molecule has 0 spiro atoms. The summed E-state index contributed by atoms with van der Waals surface area (Å²) in [5.74, 6) is 0. The molecule has 0 radical (unpaired) electrons. The molecule has 1 aromatic carbocycles. The highest BCUT2D eigenvalue weighted by molar-refractivity contribution is 5.78. The van der Waals surface area contributed by atoms with Gasteiger partial charge in [0.1, 0.15) is 0 Å². The van der Waals surface area contributed by atoms with Crippen LogP contribution in [0.3, 0.4) is 0 Å². The van der Waals surface area contributed by atoms with E-state index in [-0.39, 0.29) is 1.43 Å². The number of imidazole rings is 1. The average Bonchev–Trinajstić information content (AvgIpc) is 2.77. The van der Waals surface area contributed by atoms with Crippen LogP contribution >= 0.6 is 0 Å². The van der Waals surface area contributed by atoms with Gasteiger partial charge >= 0.3 is 0 Å². The molecule has 2 heteroatoms. The fraction of sp³-hybridized carbons (Fsp3) is 0.462. The average molecular weight is 206 g/mol. The summed E-state index contributed by atoms with van der Waals surface area (Å²) in [6.45, 7) is 6.21. The van der Waals surface area contributed by atoms with Crippen LogP contribution in [0.1, 0.15) is 40.6 Å². The van der Waals surface area contributed by atoms with Crippen molar-refractivity contribution in [2.45, 2.75) is 40.0 Å². The monoisotopic (exact) mass is 206 g/mol. The molecule has 0 saturated heterocycles. The Morgan fingerprint density at radius 2 is 2.13 bits per heavy atom. The lowest BCUT2D eigenvalue weighted by atomic mass is 10.1. The Labute approximate surface area is 93.2 Å². The normalized spacial score (nSPS) is 9.80. The van der Waals surface area contributed by atoms with E-state index in [1.54, 1.807) is 6.33 Å². The van der Waals surface area contributed by atoms with Crippen LogP contribution in [0, 0.1) is 0 Å². The molecule has 15 heavy (non-hydrogen) atoms. The van der Waals surface area contributed by atoms with E-state index in [2.05, 4.69) is 35.1 Å². The van der Waals surface area contributed by atoms with Crippen molar-refractivity contribution in [3.8, 4) is 0 Å². The summed E-state index contributed by atoms with van der Waals surface area (Å²) in [6.07, 6.45) is 5.38. The van der Waals surface area contributed by atoms with Crippen molar-refractivity contribution in [1.29, 1.82) is 0 Å². The van der Waals surface area contributed by atoms with E-state index in [1.807, 2.05) is 13.8 Å². The zero-order valence-corrected chi connectivity index (χ0v) is 9.88. The minimum Gasteiger partial charge on any atom is -0.345 e. The predicted molar refractivity (Wildman–Crippen MR) is 68.2 cm³/mol. The van der Waals surface area contributed by atoms with Crippen molar-refractivity contribution in [2.75, 3.05) is 0 Å². The fourth-order valence-corrected chi connectivity index (χ4v) is 1.60. The second-order valence-corrected chi connectivity index (χ2v) is 3.32. The molecule has 1 aromatic heterocycles. The first kappa shape index (κ1) is 11.8. The van der Waals surface area contributed by atoms with Gasteiger partial charge in [-0.2, -0.15) is 0 Å². The molecule has 0 aliphatic heterocycles. The van der Waals surface area contributed by atoms with Gasteiger partial charge in [0.05, 0.1) is 17.4 Å². The number of H-pyrrole nitrogens is 1. The molecule has 0 bridgehead atoms. The van der Waals surface area contributed by atoms with E-state index < -0.39 is 0 Å². The van der Waals surface area contributed by atoms with Gasteiger partial charge in [0.25, 0.3) is 0 Å². The molecule has 2 rings (SSSR count). The van der Waals surface area contributed by atoms with E-state index in [0.717, 1.165) is 17.5 Å². The summed E-state index contributed by atoms with van der Waals surface area (Å²) in [7, 11) is 0. The molecule has 0 unspecified atom stereocenters. The minimum absolute atomic E-state index is 0. The Bertz CT molecular complexity index is 395. The zero-order valence-electron chi connectivity index (χ0n) is 9.88. The Morgan fingerprint density at radius 1 is 1.33 bits per heavy atom. The molecule has 0 fully saturated rings. The number of benzene rings is 1. The highest BCUT2D eigenvalue weighted by Gasteiger charge is 2.01. The quantitative estimate of drug-likeness (QED) is 0.802. The fourth-order valence-electron chi connectivity index (χ4n) is 1.60. The first-order chi connectivity index (χ1) is 7.42. The maximum Gasteiger partial charge on any atom is 0.0931 e. The van der Waals surface area contributed by atoms with Crippen LogP contribution in [0.2, 0.25) is 0 Å². The third-order valence-electron chi connectivity index (χ3n) is 2.33. The highest BCUT2D eigenvalue weighted by Crippen LogP contribution is 2.16. The number of rotatable bonds is 3. The summed E-state index contributed by atoms with van der Waals surface area (Å²) < 4.78 is 0. The van der Waals surface area contributed by atoms with Crippen LogP contribution in [-0.4, -0.2) is 9.97 Å². The van der Waals surface area contributed by atoms with Gasteiger partial charge in [-0.05, 0) is 24.5 Å². The topological polar surface area (TPSA) is 28.7 Å². The molecule has 1 N–H and O–H groups in total. The smallest absolute Gasteiger partial charge is 0.0931 e. The summed E-state index contributed by atoms with van der Waals surface area (Å²) in [6, 6.07) is 6.32. The van der Waals surface area contributed by atoms with Crippen molar-refractivity contribution in [3.05, 3.63) is 30.1 Å². The molecule has 0 aliphatic carbocycles. The van der Waals surface area contributed by atoms with Gasteiger partial charge in [-0.15, -0.1) is 0 Å². The van der Waals surface area contributed by atoms with Crippen molar-refractivity contribution in [3.63, 3.8) is 0 Å². The molecule has 0 atom stereocenters. The lowest BCUT2D eigenvalue weighted by Gasteiger charge is -1.99. The van der Waals surface area contributed by atoms with Crippen molar-refractivity contribution < 1.29 is 1.43 Å². The van der Waals surface area contributed by atoms with Gasteiger partial charge in [0, 0.05) is 1.43 Å². The van der Waals surface area contributed by atoms with Crippen molar-refractivity contribution in [1.82, 2.24) is 9.97 Å². The van der Waals surface area contributed by atoms with Crippen LogP contribution in [-0.2, 0) is 6.42 Å². The van der Waals surface area contributed by atoms with E-state index in [4.69, 9.17) is 0 Å². The SMILES string of the molecule is CC.CCCCc1cccc2[nH]cnc12.[HH]. The van der Waals surface area contributed by atoms with Gasteiger partial charge in [0.15, 0.2) is 0 Å². The Morgan fingerprint density at radius 3 is 2.87 bits per heavy atom. The molecular weight excluding hydrogens is 184 g/mol. The second kappa shape index (κ2) is 6.23. The third-order valence-corrected chi connectivity index (χ3v) is 2.33. The number of unbranched alkanes of at least 4 members (excludes halogenated alkanes) is 1. The second-order valence-electron chi connectivity index (χ2n) is 3.32. The molecule has 2 nitrogen and oxygen atoms in total. The van der Waals surface area contributed by atoms with Gasteiger partial charge < -0.3 is 4.98 Å². The number of nitrogens with zero attached hydrogens (tertiary/aromatic N) is 1. The number of fused-ring (bicyclic) bond motifs is 1. The van der Waals surface area contributed by atoms with Gasteiger partial charge in [-0.25, -0.2) is 4.98 Å². The van der Waals surface area contributed by atoms with Crippen LogP contribution in [0.25, 0.3) is 11.0 Å². The van der Waals surface area contributed by atoms with Crippen molar-refractivity contribution in [2.24, 2.45) is 0 Å². The summed E-state index contributed by atoms with van der Waals surface area (Å²) in [5, 5.41) is 0. The number of para-hydroxylation sites is 1. The van der Waals surface area contributed by atoms with Gasteiger partial charge in [-0.3, -0.25) is 0 Å². The van der Waals surface area contributed by atoms with Crippen LogP contribution < -0.4 is 0 Å². The maximum absolute atomic E-state index is 4.32. The van der Waals surface area contributed by atoms with E-state index in [0.29, 0.717) is 0 Å². The Kier molecular flexibility index (Phi) is 4.88. The predicted octanol–water partition coefficient (Wildman–Crippen LogP) is 4.18. The summed E-state index contributed by atoms with van der Waals surface area (Å²) >= 11 is 0. The molecule has 2 aromatic rings. The first-order valence-corrected chi connectivity index (χ1v) is 5.83. The number of nitrogens with one attached hydrogen (secondary N) is 1. The largest absolute Gasteiger partial charge is 0.345 e. The van der Waals surface area contributed by atoms with Crippen LogP contribution in [0.5, 0.6) is 0 Å². The molecular formula is C13H22N2. The highest BCUT2D eigenvalue weighted by atomic mass is 14.9. The minimum atomic E-state index is 0. The van der Waals surface area contributed by atoms with E-state index >= 15 is 0 Å². The molecule has 0 aliphatic rings. The molecule has 0 saturated carbocycles. The third kappa shape index (κ3) is 2.82. The standard InChI is InChI=1S/C11H14N2.C2H6.H2/c1-2-3-5-9-6-4-7-10-11(9)13-8-12-10;1-2;/h4,6-8H,2-3,5H2,1H3,(H,12,13);1-2H3;1H. The molecule has 1 heterocycles. The van der Waals surface area contributed by atoms with Crippen molar-refractivity contribution >= 4 is 11.0 Å². The number of aromatic amines is 1. The maximum atomic E-state index is 4.32. The molecule has 0 amide bonds. The lowest BCUT2D eigenvalue weighted by Crippen LogP contribution is -1.86. The van der Waals surface area contributed by atoms with E-state index in [1.165, 1.54) is 18.4 Å². The number of aromatic nitrogens is 2. The number of aryl methyl sites for hydroxylation is 1. The number of hydrogen-bond acceptors (Lipinski definition) is 1. The van der Waals surface area contributed by atoms with Crippen LogP contribution in [0.4, 0.5) is 0 Å². The summed E-state index contributed by atoms with van der Waals surface area (Å²) in [4.78, 5) is 7.44. The Hall–Kier alpha value is -1.31. The number of hydrogen-bond donors (Lipinski definition) is 1. The summed E-state index contributed by atoms with van der Waals surface area (Å²) in [5.41, 5.74) is 3.64. The molecule has 84 valence electrons. The van der Waals surface area contributed by atoms with Gasteiger partial charge in [-0.1, -0.05) is 39.3 Å². The first-order valence-electron chi connectivity index (χ1n) is 5.83. The lowest BCUT2D eigenvalue weighted by molar-refractivity contribution is 0.798. The van der Waals surface area contributed by atoms with Gasteiger partial charge in [0.2, 0.25) is 0 Å². The van der Waals surface area contributed by atoms with Crippen LogP contribution in [0.15, 0.2) is 24.5 Å². The zero-order chi connectivity index (χ0) is 11.1. The van der Waals surface area contributed by atoms with E-state index in [9.17, 15) is 0 Å².